The molecule has 0 aliphatic carbocycles. The summed E-state index contributed by atoms with van der Waals surface area (Å²) in [7, 11) is 2.95. The molecule has 2 heterocycles. The second-order valence-corrected chi connectivity index (χ2v) is 4.96. The number of alkyl halides is 3. The molecular formula is C16H13F3N4O2. The molecule has 0 N–H and O–H groups in total. The first-order chi connectivity index (χ1) is 11.9. The first-order valence-corrected chi connectivity index (χ1v) is 7.11. The summed E-state index contributed by atoms with van der Waals surface area (Å²) < 4.78 is 50.3. The van der Waals surface area contributed by atoms with Gasteiger partial charge in [0.1, 0.15) is 5.75 Å². The lowest BCUT2D eigenvalue weighted by atomic mass is 10.2. The minimum absolute atomic E-state index is 0.0435. The summed E-state index contributed by atoms with van der Waals surface area (Å²) in [5, 5.41) is 3.59. The van der Waals surface area contributed by atoms with Crippen molar-refractivity contribution in [3.05, 3.63) is 48.4 Å². The SMILES string of the molecule is COc1ccc(-c2nc(C(F)(F)F)nn2-c2ccc(OC)nc2)cc1. The Hall–Kier alpha value is -3.10. The molecular weight excluding hydrogens is 337 g/mol. The van der Waals surface area contributed by atoms with Crippen molar-refractivity contribution in [1.29, 1.82) is 0 Å². The molecule has 3 aromatic rings. The summed E-state index contributed by atoms with van der Waals surface area (Å²) in [6, 6.07) is 9.56. The molecule has 6 nitrogen and oxygen atoms in total. The maximum atomic E-state index is 13.1. The largest absolute Gasteiger partial charge is 0.497 e. The summed E-state index contributed by atoms with van der Waals surface area (Å²) in [6.07, 6.45) is -3.30. The number of pyridine rings is 1. The molecule has 2 aromatic heterocycles. The molecule has 0 saturated heterocycles. The van der Waals surface area contributed by atoms with Crippen LogP contribution in [-0.2, 0) is 6.18 Å². The first kappa shape index (κ1) is 16.7. The number of rotatable bonds is 4. The van der Waals surface area contributed by atoms with Crippen LogP contribution in [0.2, 0.25) is 0 Å². The lowest BCUT2D eigenvalue weighted by Crippen LogP contribution is -2.08. The Balaban J connectivity index is 2.12. The summed E-state index contributed by atoms with van der Waals surface area (Å²) in [5.41, 5.74) is 0.786. The van der Waals surface area contributed by atoms with E-state index in [0.29, 0.717) is 22.9 Å². The molecule has 3 rings (SSSR count). The second-order valence-electron chi connectivity index (χ2n) is 4.96. The monoisotopic (exact) mass is 350 g/mol. The molecule has 0 fully saturated rings. The van der Waals surface area contributed by atoms with E-state index in [9.17, 15) is 13.2 Å². The molecule has 0 radical (unpaired) electrons. The fourth-order valence-electron chi connectivity index (χ4n) is 2.16. The normalized spacial score (nSPS) is 11.4. The Morgan fingerprint density at radius 3 is 2.20 bits per heavy atom. The molecule has 0 amide bonds. The predicted octanol–water partition coefficient (Wildman–Crippen LogP) is 3.37. The van der Waals surface area contributed by atoms with E-state index in [0.717, 1.165) is 4.68 Å². The molecule has 0 aliphatic heterocycles. The van der Waals surface area contributed by atoms with E-state index in [1.165, 1.54) is 26.5 Å². The standard InChI is InChI=1S/C16H13F3N4O2/c1-24-12-6-3-10(4-7-12)14-21-15(16(17,18)19)22-23(14)11-5-8-13(25-2)20-9-11/h3-9H,1-2H3. The van der Waals surface area contributed by atoms with Crippen molar-refractivity contribution in [2.24, 2.45) is 0 Å². The van der Waals surface area contributed by atoms with Gasteiger partial charge >= 0.3 is 6.18 Å². The number of methoxy groups -OCH3 is 2. The van der Waals surface area contributed by atoms with E-state index in [1.54, 1.807) is 30.3 Å². The minimum Gasteiger partial charge on any atom is -0.497 e. The zero-order chi connectivity index (χ0) is 18.0. The lowest BCUT2D eigenvalue weighted by molar-refractivity contribution is -0.144. The second kappa shape index (κ2) is 6.42. The van der Waals surface area contributed by atoms with Crippen LogP contribution in [0, 0.1) is 0 Å². The topological polar surface area (TPSA) is 62.1 Å². The van der Waals surface area contributed by atoms with E-state index < -0.39 is 12.0 Å². The van der Waals surface area contributed by atoms with Crippen molar-refractivity contribution in [2.75, 3.05) is 14.2 Å². The van der Waals surface area contributed by atoms with Crippen LogP contribution in [0.3, 0.4) is 0 Å². The zero-order valence-electron chi connectivity index (χ0n) is 13.3. The van der Waals surface area contributed by atoms with E-state index >= 15 is 0 Å². The highest BCUT2D eigenvalue weighted by atomic mass is 19.4. The van der Waals surface area contributed by atoms with Crippen molar-refractivity contribution < 1.29 is 22.6 Å². The van der Waals surface area contributed by atoms with Gasteiger partial charge in [-0.3, -0.25) is 0 Å². The van der Waals surface area contributed by atoms with E-state index in [4.69, 9.17) is 9.47 Å². The van der Waals surface area contributed by atoms with Gasteiger partial charge in [-0.25, -0.2) is 14.6 Å². The van der Waals surface area contributed by atoms with E-state index in [-0.39, 0.29) is 5.82 Å². The maximum Gasteiger partial charge on any atom is 0.453 e. The number of aromatic nitrogens is 4. The predicted molar refractivity (Wildman–Crippen MR) is 82.7 cm³/mol. The summed E-state index contributed by atoms with van der Waals surface area (Å²) >= 11 is 0. The number of hydrogen-bond acceptors (Lipinski definition) is 5. The van der Waals surface area contributed by atoms with Crippen LogP contribution in [-0.4, -0.2) is 34.0 Å². The maximum absolute atomic E-state index is 13.1. The van der Waals surface area contributed by atoms with Crippen LogP contribution in [0.4, 0.5) is 13.2 Å². The van der Waals surface area contributed by atoms with Crippen LogP contribution in [0.25, 0.3) is 17.1 Å². The van der Waals surface area contributed by atoms with Crippen LogP contribution >= 0.6 is 0 Å². The Morgan fingerprint density at radius 1 is 0.960 bits per heavy atom. The fraction of sp³-hybridized carbons (Fsp3) is 0.188. The molecule has 9 heteroatoms. The van der Waals surface area contributed by atoms with Gasteiger partial charge in [0.15, 0.2) is 5.82 Å². The van der Waals surface area contributed by atoms with E-state index in [1.807, 2.05) is 0 Å². The van der Waals surface area contributed by atoms with Gasteiger partial charge in [0.25, 0.3) is 5.82 Å². The Bertz CT molecular complexity index is 794. The van der Waals surface area contributed by atoms with Crippen molar-refractivity contribution in [1.82, 2.24) is 19.7 Å². The molecule has 0 aliphatic rings. The molecule has 0 atom stereocenters. The smallest absolute Gasteiger partial charge is 0.453 e. The molecule has 0 unspecified atom stereocenters. The summed E-state index contributed by atoms with van der Waals surface area (Å²) in [5.74, 6) is -0.265. The summed E-state index contributed by atoms with van der Waals surface area (Å²) in [4.78, 5) is 7.65. The van der Waals surface area contributed by atoms with Crippen molar-refractivity contribution in [3.63, 3.8) is 0 Å². The van der Waals surface area contributed by atoms with Gasteiger partial charge in [0.2, 0.25) is 5.88 Å². The molecule has 0 spiro atoms. The molecule has 130 valence electrons. The Kier molecular flexibility index (Phi) is 4.30. The molecule has 0 saturated carbocycles. The zero-order valence-corrected chi connectivity index (χ0v) is 13.3. The Labute approximate surface area is 140 Å². The number of nitrogens with zero attached hydrogens (tertiary/aromatic N) is 4. The van der Waals surface area contributed by atoms with Gasteiger partial charge < -0.3 is 9.47 Å². The molecule has 25 heavy (non-hydrogen) atoms. The van der Waals surface area contributed by atoms with Gasteiger partial charge in [0, 0.05) is 11.6 Å². The van der Waals surface area contributed by atoms with Gasteiger partial charge in [-0.1, -0.05) is 0 Å². The number of benzene rings is 1. The third-order valence-electron chi connectivity index (χ3n) is 3.38. The molecule has 1 aromatic carbocycles. The van der Waals surface area contributed by atoms with Crippen molar-refractivity contribution >= 4 is 0 Å². The first-order valence-electron chi connectivity index (χ1n) is 7.11. The number of halogens is 3. The number of ether oxygens (including phenoxy) is 2. The average Bonchev–Trinajstić information content (AvgIpc) is 3.07. The minimum atomic E-state index is -4.66. The van der Waals surface area contributed by atoms with Gasteiger partial charge in [-0.15, -0.1) is 5.10 Å². The van der Waals surface area contributed by atoms with E-state index in [2.05, 4.69) is 15.1 Å². The van der Waals surface area contributed by atoms with Crippen LogP contribution < -0.4 is 9.47 Å². The lowest BCUT2D eigenvalue weighted by Gasteiger charge is -2.07. The third-order valence-corrected chi connectivity index (χ3v) is 3.38. The summed E-state index contributed by atoms with van der Waals surface area (Å²) in [6.45, 7) is 0. The quantitative estimate of drug-likeness (QED) is 0.722. The van der Waals surface area contributed by atoms with Crippen LogP contribution in [0.15, 0.2) is 42.6 Å². The third kappa shape index (κ3) is 3.39. The highest BCUT2D eigenvalue weighted by Gasteiger charge is 2.37. The van der Waals surface area contributed by atoms with Crippen LogP contribution in [0.5, 0.6) is 11.6 Å². The van der Waals surface area contributed by atoms with Gasteiger partial charge in [-0.2, -0.15) is 13.2 Å². The van der Waals surface area contributed by atoms with Gasteiger partial charge in [-0.05, 0) is 30.3 Å². The van der Waals surface area contributed by atoms with Crippen LogP contribution in [0.1, 0.15) is 5.82 Å². The molecule has 0 bridgehead atoms. The number of hydrogen-bond donors (Lipinski definition) is 0. The van der Waals surface area contributed by atoms with Gasteiger partial charge in [0.05, 0.1) is 26.1 Å². The highest BCUT2D eigenvalue weighted by Crippen LogP contribution is 2.31. The fourth-order valence-corrected chi connectivity index (χ4v) is 2.16. The highest BCUT2D eigenvalue weighted by molar-refractivity contribution is 5.59. The van der Waals surface area contributed by atoms with Crippen molar-refractivity contribution in [3.8, 4) is 28.7 Å². The van der Waals surface area contributed by atoms with Crippen molar-refractivity contribution in [2.45, 2.75) is 6.18 Å². The average molecular weight is 350 g/mol. The Morgan fingerprint density at radius 2 is 1.68 bits per heavy atom.